The van der Waals surface area contributed by atoms with E-state index >= 15 is 0 Å². The van der Waals surface area contributed by atoms with Crippen LogP contribution in [0.1, 0.15) is 12.0 Å². The Morgan fingerprint density at radius 3 is 2.48 bits per heavy atom. The van der Waals surface area contributed by atoms with Crippen LogP contribution in [0.3, 0.4) is 0 Å². The van der Waals surface area contributed by atoms with E-state index in [2.05, 4.69) is 50.4 Å². The highest BCUT2D eigenvalue weighted by molar-refractivity contribution is 5.89. The molecule has 2 heterocycles. The fraction of sp³-hybridized carbons (Fsp3) is 0.368. The molecule has 2 aromatic rings. The summed E-state index contributed by atoms with van der Waals surface area (Å²) in [5.41, 5.74) is 7.82. The van der Waals surface area contributed by atoms with Crippen molar-refractivity contribution in [3.63, 3.8) is 0 Å². The smallest absolute Gasteiger partial charge is 0.226 e. The highest BCUT2D eigenvalue weighted by atomic mass is 16.1. The van der Waals surface area contributed by atoms with Crippen LogP contribution in [0.5, 0.6) is 0 Å². The van der Waals surface area contributed by atoms with Crippen LogP contribution in [-0.2, 0) is 11.3 Å². The Balaban J connectivity index is 1.50. The topological polar surface area (TPSA) is 74.5 Å². The van der Waals surface area contributed by atoms with E-state index in [0.717, 1.165) is 38.4 Å². The summed E-state index contributed by atoms with van der Waals surface area (Å²) in [4.78, 5) is 20.7. The monoisotopic (exact) mass is 339 g/mol. The number of piperazine rings is 1. The van der Waals surface area contributed by atoms with Gasteiger partial charge in [0.25, 0.3) is 0 Å². The predicted octanol–water partition coefficient (Wildman–Crippen LogP) is 1.69. The molecule has 1 saturated heterocycles. The molecule has 1 aliphatic heterocycles. The summed E-state index contributed by atoms with van der Waals surface area (Å²) in [5, 5.41) is 2.75. The highest BCUT2D eigenvalue weighted by Gasteiger charge is 2.17. The summed E-state index contributed by atoms with van der Waals surface area (Å²) in [7, 11) is 0. The third kappa shape index (κ3) is 5.01. The number of nitrogens with one attached hydrogen (secondary N) is 1. The van der Waals surface area contributed by atoms with Gasteiger partial charge in [0.05, 0.1) is 11.9 Å². The second kappa shape index (κ2) is 8.60. The van der Waals surface area contributed by atoms with E-state index in [1.54, 1.807) is 0 Å². The molecular formula is C19H25N5O. The number of anilines is 2. The molecule has 25 heavy (non-hydrogen) atoms. The van der Waals surface area contributed by atoms with Crippen LogP contribution < -0.4 is 16.0 Å². The zero-order valence-corrected chi connectivity index (χ0v) is 14.4. The summed E-state index contributed by atoms with van der Waals surface area (Å²) >= 11 is 0. The molecule has 1 fully saturated rings. The van der Waals surface area contributed by atoms with Crippen molar-refractivity contribution in [1.29, 1.82) is 0 Å². The number of aromatic nitrogens is 1. The molecule has 3 N–H and O–H groups in total. The van der Waals surface area contributed by atoms with Gasteiger partial charge in [-0.05, 0) is 17.7 Å². The Kier molecular flexibility index (Phi) is 5.98. The van der Waals surface area contributed by atoms with Crippen molar-refractivity contribution in [3.8, 4) is 0 Å². The molecule has 0 aliphatic carbocycles. The lowest BCUT2D eigenvalue weighted by Gasteiger charge is -2.36. The first-order valence-corrected chi connectivity index (χ1v) is 8.72. The molecule has 1 aliphatic rings. The molecule has 0 saturated carbocycles. The third-order valence-electron chi connectivity index (χ3n) is 4.37. The number of hydrogen-bond donors (Lipinski definition) is 2. The summed E-state index contributed by atoms with van der Waals surface area (Å²) in [6, 6.07) is 14.4. The molecule has 6 nitrogen and oxygen atoms in total. The van der Waals surface area contributed by atoms with Crippen LogP contribution in [0.15, 0.2) is 48.7 Å². The van der Waals surface area contributed by atoms with Gasteiger partial charge in [-0.3, -0.25) is 9.69 Å². The number of amides is 1. The zero-order chi connectivity index (χ0) is 17.5. The van der Waals surface area contributed by atoms with E-state index in [9.17, 15) is 4.79 Å². The van der Waals surface area contributed by atoms with E-state index in [-0.39, 0.29) is 5.91 Å². The van der Waals surface area contributed by atoms with Gasteiger partial charge in [0.15, 0.2) is 0 Å². The van der Waals surface area contributed by atoms with E-state index < -0.39 is 0 Å². The van der Waals surface area contributed by atoms with Gasteiger partial charge in [0.2, 0.25) is 5.91 Å². The SMILES string of the molecule is NCCC(=O)Nc1ccc(N2CCN(Cc3ccccc3)CC2)cn1. The Bertz CT molecular complexity index is 666. The summed E-state index contributed by atoms with van der Waals surface area (Å²) < 4.78 is 0. The van der Waals surface area contributed by atoms with Crippen molar-refractivity contribution in [3.05, 3.63) is 54.2 Å². The quantitative estimate of drug-likeness (QED) is 0.838. The summed E-state index contributed by atoms with van der Waals surface area (Å²) in [6.07, 6.45) is 2.14. The van der Waals surface area contributed by atoms with Gasteiger partial charge in [0.1, 0.15) is 5.82 Å². The van der Waals surface area contributed by atoms with Gasteiger partial charge in [0, 0.05) is 45.7 Å². The number of benzene rings is 1. The van der Waals surface area contributed by atoms with Crippen molar-refractivity contribution in [1.82, 2.24) is 9.88 Å². The fourth-order valence-corrected chi connectivity index (χ4v) is 2.99. The van der Waals surface area contributed by atoms with Gasteiger partial charge in [-0.2, -0.15) is 0 Å². The Hall–Kier alpha value is -2.44. The molecule has 0 bridgehead atoms. The number of hydrogen-bond acceptors (Lipinski definition) is 5. The minimum Gasteiger partial charge on any atom is -0.368 e. The molecule has 1 amide bonds. The van der Waals surface area contributed by atoms with Crippen LogP contribution in [0, 0.1) is 0 Å². The third-order valence-corrected chi connectivity index (χ3v) is 4.37. The molecule has 0 radical (unpaired) electrons. The number of pyridine rings is 1. The first-order valence-electron chi connectivity index (χ1n) is 8.72. The maximum Gasteiger partial charge on any atom is 0.226 e. The number of carbonyl (C=O) groups is 1. The largest absolute Gasteiger partial charge is 0.368 e. The van der Waals surface area contributed by atoms with Crippen LogP contribution in [0.2, 0.25) is 0 Å². The molecular weight excluding hydrogens is 314 g/mol. The zero-order valence-electron chi connectivity index (χ0n) is 14.4. The number of carbonyl (C=O) groups excluding carboxylic acids is 1. The number of nitrogens with zero attached hydrogens (tertiary/aromatic N) is 3. The van der Waals surface area contributed by atoms with Crippen LogP contribution >= 0.6 is 0 Å². The maximum absolute atomic E-state index is 11.5. The van der Waals surface area contributed by atoms with Crippen molar-refractivity contribution < 1.29 is 4.79 Å². The van der Waals surface area contributed by atoms with Crippen LogP contribution in [-0.4, -0.2) is 48.5 Å². The minimum atomic E-state index is -0.0997. The van der Waals surface area contributed by atoms with Gasteiger partial charge in [-0.15, -0.1) is 0 Å². The van der Waals surface area contributed by atoms with Crippen molar-refractivity contribution in [2.24, 2.45) is 5.73 Å². The normalized spacial score (nSPS) is 15.2. The van der Waals surface area contributed by atoms with Gasteiger partial charge < -0.3 is 16.0 Å². The summed E-state index contributed by atoms with van der Waals surface area (Å²) in [5.74, 6) is 0.474. The number of nitrogens with two attached hydrogens (primary N) is 1. The van der Waals surface area contributed by atoms with Gasteiger partial charge in [-0.1, -0.05) is 30.3 Å². The molecule has 6 heteroatoms. The van der Waals surface area contributed by atoms with Gasteiger partial charge >= 0.3 is 0 Å². The summed E-state index contributed by atoms with van der Waals surface area (Å²) in [6.45, 7) is 5.37. The molecule has 1 aromatic carbocycles. The highest BCUT2D eigenvalue weighted by Crippen LogP contribution is 2.18. The molecule has 0 spiro atoms. The lowest BCUT2D eigenvalue weighted by atomic mass is 10.2. The van der Waals surface area contributed by atoms with Crippen molar-refractivity contribution in [2.75, 3.05) is 42.9 Å². The molecule has 0 atom stereocenters. The minimum absolute atomic E-state index is 0.0997. The van der Waals surface area contributed by atoms with E-state index in [1.807, 2.05) is 18.3 Å². The fourth-order valence-electron chi connectivity index (χ4n) is 2.99. The van der Waals surface area contributed by atoms with E-state index in [1.165, 1.54) is 5.56 Å². The molecule has 3 rings (SSSR count). The van der Waals surface area contributed by atoms with Crippen molar-refractivity contribution >= 4 is 17.4 Å². The van der Waals surface area contributed by atoms with Gasteiger partial charge in [-0.25, -0.2) is 4.98 Å². The number of rotatable bonds is 6. The first-order chi connectivity index (χ1) is 12.2. The van der Waals surface area contributed by atoms with Crippen molar-refractivity contribution in [2.45, 2.75) is 13.0 Å². The lowest BCUT2D eigenvalue weighted by Crippen LogP contribution is -2.46. The van der Waals surface area contributed by atoms with Crippen LogP contribution in [0.25, 0.3) is 0 Å². The molecule has 1 aromatic heterocycles. The Labute approximate surface area is 148 Å². The van der Waals surface area contributed by atoms with Crippen LogP contribution in [0.4, 0.5) is 11.5 Å². The Morgan fingerprint density at radius 2 is 1.84 bits per heavy atom. The average Bonchev–Trinajstić information content (AvgIpc) is 2.64. The van der Waals surface area contributed by atoms with E-state index in [4.69, 9.17) is 5.73 Å². The maximum atomic E-state index is 11.5. The average molecular weight is 339 g/mol. The van der Waals surface area contributed by atoms with E-state index in [0.29, 0.717) is 18.8 Å². The second-order valence-corrected chi connectivity index (χ2v) is 6.24. The second-order valence-electron chi connectivity index (χ2n) is 6.24. The first kappa shape index (κ1) is 17.4. The lowest BCUT2D eigenvalue weighted by molar-refractivity contribution is -0.116. The standard InChI is InChI=1S/C19H25N5O/c20-9-8-19(25)22-18-7-6-17(14-21-18)24-12-10-23(11-13-24)15-16-4-2-1-3-5-16/h1-7,14H,8-13,15,20H2,(H,21,22,25). The molecule has 0 unspecified atom stereocenters. The molecule has 132 valence electrons. The predicted molar refractivity (Wildman–Crippen MR) is 100 cm³/mol. The Morgan fingerprint density at radius 1 is 1.08 bits per heavy atom.